The van der Waals surface area contributed by atoms with Crippen molar-refractivity contribution in [2.75, 3.05) is 13.1 Å². The molecular weight excluding hydrogens is 442 g/mol. The van der Waals surface area contributed by atoms with Crippen LogP contribution in [0.5, 0.6) is 0 Å². The molecular formula is C17H13BrClN3O3S. The van der Waals surface area contributed by atoms with Crippen LogP contribution in [0.1, 0.15) is 15.9 Å². The molecule has 1 heterocycles. The molecule has 3 rings (SSSR count). The minimum atomic E-state index is -0.547. The van der Waals surface area contributed by atoms with Gasteiger partial charge in [-0.25, -0.2) is 0 Å². The third-order valence-corrected chi connectivity index (χ3v) is 5.66. The number of hydrogen-bond donors (Lipinski definition) is 0. The number of aliphatic imine (C=N–C) groups is 1. The highest BCUT2D eigenvalue weighted by Gasteiger charge is 2.27. The third kappa shape index (κ3) is 4.25. The number of amidine groups is 1. The highest BCUT2D eigenvalue weighted by molar-refractivity contribution is 9.10. The van der Waals surface area contributed by atoms with Crippen molar-refractivity contribution in [2.45, 2.75) is 5.75 Å². The molecule has 134 valence electrons. The van der Waals surface area contributed by atoms with Gasteiger partial charge in [-0.05, 0) is 23.8 Å². The Morgan fingerprint density at radius 2 is 2.04 bits per heavy atom. The van der Waals surface area contributed by atoms with Gasteiger partial charge in [-0.3, -0.25) is 24.8 Å². The van der Waals surface area contributed by atoms with E-state index in [1.54, 1.807) is 0 Å². The van der Waals surface area contributed by atoms with E-state index < -0.39 is 4.92 Å². The molecule has 0 N–H and O–H groups in total. The fraction of sp³-hybridized carbons (Fsp3) is 0.176. The van der Waals surface area contributed by atoms with Gasteiger partial charge in [-0.15, -0.1) is 0 Å². The molecule has 2 aromatic rings. The van der Waals surface area contributed by atoms with Crippen LogP contribution in [0.4, 0.5) is 5.69 Å². The Hall–Kier alpha value is -1.90. The Labute approximate surface area is 167 Å². The SMILES string of the molecule is O=C(c1cc([N+](=O)[O-])ccc1Cl)N1CCN=C1SCc1ccc(Br)cc1. The molecule has 1 aliphatic rings. The van der Waals surface area contributed by atoms with Crippen molar-refractivity contribution >= 4 is 56.1 Å². The summed E-state index contributed by atoms with van der Waals surface area (Å²) in [5.41, 5.74) is 1.05. The monoisotopic (exact) mass is 453 g/mol. The number of non-ortho nitro benzene ring substituents is 1. The molecule has 0 aliphatic carbocycles. The largest absolute Gasteiger partial charge is 0.286 e. The maximum Gasteiger partial charge on any atom is 0.270 e. The lowest BCUT2D eigenvalue weighted by atomic mass is 10.2. The highest BCUT2D eigenvalue weighted by atomic mass is 79.9. The van der Waals surface area contributed by atoms with Gasteiger partial charge in [0.05, 0.1) is 22.1 Å². The van der Waals surface area contributed by atoms with E-state index in [-0.39, 0.29) is 22.2 Å². The average molecular weight is 455 g/mol. The minimum Gasteiger partial charge on any atom is -0.286 e. The van der Waals surface area contributed by atoms with Crippen molar-refractivity contribution in [3.8, 4) is 0 Å². The third-order valence-electron chi connectivity index (χ3n) is 3.72. The van der Waals surface area contributed by atoms with Crippen molar-refractivity contribution in [3.05, 3.63) is 73.2 Å². The minimum absolute atomic E-state index is 0.111. The molecule has 1 aliphatic heterocycles. The first-order chi connectivity index (χ1) is 12.5. The molecule has 0 atom stereocenters. The topological polar surface area (TPSA) is 75.8 Å². The van der Waals surface area contributed by atoms with Gasteiger partial charge in [-0.2, -0.15) is 0 Å². The second-order valence-electron chi connectivity index (χ2n) is 5.46. The first-order valence-corrected chi connectivity index (χ1v) is 9.79. The first-order valence-electron chi connectivity index (χ1n) is 7.63. The van der Waals surface area contributed by atoms with Crippen LogP contribution in [0.15, 0.2) is 51.9 Å². The van der Waals surface area contributed by atoms with Crippen molar-refractivity contribution in [1.82, 2.24) is 4.90 Å². The van der Waals surface area contributed by atoms with Crippen molar-refractivity contribution < 1.29 is 9.72 Å². The Morgan fingerprint density at radius 3 is 2.73 bits per heavy atom. The van der Waals surface area contributed by atoms with Crippen LogP contribution in [0.3, 0.4) is 0 Å². The summed E-state index contributed by atoms with van der Waals surface area (Å²) in [6.45, 7) is 0.932. The summed E-state index contributed by atoms with van der Waals surface area (Å²) in [5.74, 6) is 0.289. The normalized spacial score (nSPS) is 13.6. The molecule has 26 heavy (non-hydrogen) atoms. The van der Waals surface area contributed by atoms with Gasteiger partial charge in [0, 0.05) is 28.9 Å². The van der Waals surface area contributed by atoms with Crippen LogP contribution < -0.4 is 0 Å². The first kappa shape index (κ1) is 18.9. The van der Waals surface area contributed by atoms with Crippen LogP contribution in [0.25, 0.3) is 0 Å². The summed E-state index contributed by atoms with van der Waals surface area (Å²) in [6, 6.07) is 11.8. The van der Waals surface area contributed by atoms with Gasteiger partial charge in [0.2, 0.25) is 0 Å². The van der Waals surface area contributed by atoms with Crippen molar-refractivity contribution in [3.63, 3.8) is 0 Å². The van der Waals surface area contributed by atoms with Gasteiger partial charge < -0.3 is 0 Å². The Balaban J connectivity index is 1.75. The number of nitro groups is 1. The smallest absolute Gasteiger partial charge is 0.270 e. The molecule has 0 saturated carbocycles. The molecule has 0 radical (unpaired) electrons. The molecule has 0 saturated heterocycles. The summed E-state index contributed by atoms with van der Waals surface area (Å²) in [7, 11) is 0. The molecule has 1 amide bonds. The number of hydrogen-bond acceptors (Lipinski definition) is 5. The number of nitro benzene ring substituents is 1. The zero-order valence-electron chi connectivity index (χ0n) is 13.4. The Bertz CT molecular complexity index is 889. The van der Waals surface area contributed by atoms with E-state index in [1.807, 2.05) is 24.3 Å². The second-order valence-corrected chi connectivity index (χ2v) is 7.72. The molecule has 9 heteroatoms. The maximum absolute atomic E-state index is 12.8. The van der Waals surface area contributed by atoms with E-state index in [1.165, 1.54) is 34.9 Å². The predicted molar refractivity (Wildman–Crippen MR) is 107 cm³/mol. The lowest BCUT2D eigenvalue weighted by Crippen LogP contribution is -2.33. The fourth-order valence-electron chi connectivity index (χ4n) is 2.40. The molecule has 6 nitrogen and oxygen atoms in total. The van der Waals surface area contributed by atoms with Crippen LogP contribution in [0, 0.1) is 10.1 Å². The lowest BCUT2D eigenvalue weighted by molar-refractivity contribution is -0.384. The van der Waals surface area contributed by atoms with Crippen molar-refractivity contribution in [2.24, 2.45) is 4.99 Å². The Kier molecular flexibility index (Phi) is 5.95. The van der Waals surface area contributed by atoms with Gasteiger partial charge in [-0.1, -0.05) is 51.4 Å². The van der Waals surface area contributed by atoms with E-state index in [0.717, 1.165) is 10.0 Å². The number of thioether (sulfide) groups is 1. The number of carbonyl (C=O) groups excluding carboxylic acids is 1. The molecule has 0 bridgehead atoms. The zero-order chi connectivity index (χ0) is 18.7. The van der Waals surface area contributed by atoms with Crippen LogP contribution >= 0.6 is 39.3 Å². The molecule has 0 fully saturated rings. The molecule has 0 spiro atoms. The summed E-state index contributed by atoms with van der Waals surface area (Å²) in [4.78, 5) is 29.1. The predicted octanol–water partition coefficient (Wildman–Crippen LogP) is 4.76. The van der Waals surface area contributed by atoms with E-state index >= 15 is 0 Å². The quantitative estimate of drug-likeness (QED) is 0.493. The Morgan fingerprint density at radius 1 is 1.31 bits per heavy atom. The van der Waals surface area contributed by atoms with Gasteiger partial charge in [0.1, 0.15) is 0 Å². The van der Waals surface area contributed by atoms with Crippen LogP contribution in [-0.2, 0) is 5.75 Å². The number of nitrogens with zero attached hydrogens (tertiary/aromatic N) is 3. The number of benzene rings is 2. The van der Waals surface area contributed by atoms with Gasteiger partial charge in [0.25, 0.3) is 11.6 Å². The summed E-state index contributed by atoms with van der Waals surface area (Å²) < 4.78 is 1.00. The average Bonchev–Trinajstić information content (AvgIpc) is 3.09. The zero-order valence-corrected chi connectivity index (χ0v) is 16.6. The van der Waals surface area contributed by atoms with E-state index in [9.17, 15) is 14.9 Å². The molecule has 0 aromatic heterocycles. The van der Waals surface area contributed by atoms with Crippen molar-refractivity contribution in [1.29, 1.82) is 0 Å². The van der Waals surface area contributed by atoms with Gasteiger partial charge in [0.15, 0.2) is 5.17 Å². The number of carbonyl (C=O) groups is 1. The second kappa shape index (κ2) is 8.20. The summed E-state index contributed by atoms with van der Waals surface area (Å²) in [6.07, 6.45) is 0. The maximum atomic E-state index is 12.8. The summed E-state index contributed by atoms with van der Waals surface area (Å²) >= 11 is 10.9. The number of amides is 1. The molecule has 2 aromatic carbocycles. The summed E-state index contributed by atoms with van der Waals surface area (Å²) in [5, 5.41) is 11.7. The number of halogens is 2. The number of rotatable bonds is 4. The highest BCUT2D eigenvalue weighted by Crippen LogP contribution is 2.27. The molecule has 0 unspecified atom stereocenters. The van der Waals surface area contributed by atoms with E-state index in [2.05, 4.69) is 20.9 Å². The van der Waals surface area contributed by atoms with Crippen LogP contribution in [0.2, 0.25) is 5.02 Å². The fourth-order valence-corrected chi connectivity index (χ4v) is 3.87. The van der Waals surface area contributed by atoms with E-state index in [4.69, 9.17) is 11.6 Å². The van der Waals surface area contributed by atoms with E-state index in [0.29, 0.717) is 24.0 Å². The van der Waals surface area contributed by atoms with Gasteiger partial charge >= 0.3 is 0 Å². The standard InChI is InChI=1S/C17H13BrClN3O3S/c18-12-3-1-11(2-4-12)10-26-17-20-7-8-21(17)16(23)14-9-13(22(24)25)5-6-15(14)19/h1-6,9H,7-8,10H2. The van der Waals surface area contributed by atoms with Crippen LogP contribution in [-0.4, -0.2) is 34.0 Å². The lowest BCUT2D eigenvalue weighted by Gasteiger charge is -2.18.